The van der Waals surface area contributed by atoms with Crippen molar-refractivity contribution in [2.75, 3.05) is 30.9 Å². The van der Waals surface area contributed by atoms with Crippen LogP contribution in [0.1, 0.15) is 32.6 Å². The Kier molecular flexibility index (Phi) is 5.35. The van der Waals surface area contributed by atoms with Crippen LogP contribution in [0.15, 0.2) is 0 Å². The molecule has 0 saturated carbocycles. The van der Waals surface area contributed by atoms with Gasteiger partial charge in [0.1, 0.15) is 0 Å². The molecule has 0 atom stereocenters. The molecule has 2 nitrogen and oxygen atoms in total. The third-order valence-corrected chi connectivity index (χ3v) is 3.60. The van der Waals surface area contributed by atoms with Crippen molar-refractivity contribution >= 4 is 35.8 Å². The molecule has 0 bridgehead atoms. The minimum absolute atomic E-state index is 0.828. The fourth-order valence-corrected chi connectivity index (χ4v) is 2.39. The van der Waals surface area contributed by atoms with Gasteiger partial charge in [-0.3, -0.25) is 0 Å². The largest absolute Gasteiger partial charge is 0.382 e. The standard InChI is InChI=1S/C12H20N2S2/c1-4-5-6-7-8-13-9-10(14(2)3)12(16)11(9)15/h13H,4-8H2,1-3H3. The van der Waals surface area contributed by atoms with Gasteiger partial charge in [0.15, 0.2) is 0 Å². The molecule has 4 heteroatoms. The molecule has 0 fully saturated rings. The Morgan fingerprint density at radius 3 is 2.31 bits per heavy atom. The van der Waals surface area contributed by atoms with Crippen LogP contribution >= 0.6 is 24.4 Å². The third kappa shape index (κ3) is 3.01. The van der Waals surface area contributed by atoms with E-state index >= 15 is 0 Å². The van der Waals surface area contributed by atoms with Crippen LogP contribution in [0.3, 0.4) is 0 Å². The van der Waals surface area contributed by atoms with E-state index in [9.17, 15) is 0 Å². The predicted octanol–water partition coefficient (Wildman–Crippen LogP) is 4.08. The normalized spacial score (nSPS) is 10.7. The number of unbranched alkanes of at least 4 members (excludes halogenated alkanes) is 3. The Labute approximate surface area is 108 Å². The second kappa shape index (κ2) is 6.30. The van der Waals surface area contributed by atoms with E-state index in [1.165, 1.54) is 25.7 Å². The van der Waals surface area contributed by atoms with Gasteiger partial charge in [0.2, 0.25) is 0 Å². The molecule has 1 rings (SSSR count). The highest BCUT2D eigenvalue weighted by Gasteiger charge is 2.15. The number of rotatable bonds is 7. The fraction of sp³-hybridized carbons (Fsp3) is 0.667. The fourth-order valence-electron chi connectivity index (χ4n) is 1.74. The van der Waals surface area contributed by atoms with Gasteiger partial charge >= 0.3 is 0 Å². The summed E-state index contributed by atoms with van der Waals surface area (Å²) in [7, 11) is 4.00. The highest BCUT2D eigenvalue weighted by molar-refractivity contribution is 7.74. The monoisotopic (exact) mass is 256 g/mol. The zero-order valence-electron chi connectivity index (χ0n) is 10.3. The molecule has 1 N–H and O–H groups in total. The number of nitrogens with zero attached hydrogens (tertiary/aromatic N) is 1. The third-order valence-electron chi connectivity index (χ3n) is 2.66. The van der Waals surface area contributed by atoms with Gasteiger partial charge in [0.05, 0.1) is 20.4 Å². The van der Waals surface area contributed by atoms with Gasteiger partial charge in [0, 0.05) is 20.6 Å². The van der Waals surface area contributed by atoms with Crippen LogP contribution in [0.4, 0.5) is 11.4 Å². The number of nitrogens with one attached hydrogen (secondary N) is 1. The molecule has 0 saturated heterocycles. The first-order chi connectivity index (χ1) is 7.59. The zero-order chi connectivity index (χ0) is 12.1. The van der Waals surface area contributed by atoms with E-state index in [0.717, 1.165) is 26.9 Å². The number of anilines is 2. The molecule has 16 heavy (non-hydrogen) atoms. The summed E-state index contributed by atoms with van der Waals surface area (Å²) in [4.78, 5) is 2.03. The lowest BCUT2D eigenvalue weighted by Gasteiger charge is -2.22. The molecule has 1 aromatic rings. The van der Waals surface area contributed by atoms with Gasteiger partial charge in [0.25, 0.3) is 0 Å². The lowest BCUT2D eigenvalue weighted by Crippen LogP contribution is -2.16. The lowest BCUT2D eigenvalue weighted by atomic mass is 10.1. The quantitative estimate of drug-likeness (QED) is 0.584. The molecule has 0 aliphatic carbocycles. The topological polar surface area (TPSA) is 15.3 Å². The summed E-state index contributed by atoms with van der Waals surface area (Å²) >= 11 is 10.5. The first kappa shape index (κ1) is 13.6. The van der Waals surface area contributed by atoms with Crippen LogP contribution in [0.25, 0.3) is 0 Å². The van der Waals surface area contributed by atoms with Crippen LogP contribution in [0.5, 0.6) is 0 Å². The molecular weight excluding hydrogens is 236 g/mol. The maximum Gasteiger partial charge on any atom is 0.0834 e. The van der Waals surface area contributed by atoms with Gasteiger partial charge in [-0.2, -0.15) is 0 Å². The van der Waals surface area contributed by atoms with E-state index in [1.807, 2.05) is 19.0 Å². The van der Waals surface area contributed by atoms with Gasteiger partial charge in [-0.25, -0.2) is 0 Å². The van der Waals surface area contributed by atoms with Gasteiger partial charge in [-0.1, -0.05) is 50.6 Å². The Morgan fingerprint density at radius 2 is 1.75 bits per heavy atom. The van der Waals surface area contributed by atoms with E-state index in [2.05, 4.69) is 12.2 Å². The summed E-state index contributed by atoms with van der Waals surface area (Å²) in [5.41, 5.74) is 2.16. The van der Waals surface area contributed by atoms with E-state index in [0.29, 0.717) is 0 Å². The molecular formula is C12H20N2S2. The Hall–Kier alpha value is -0.480. The van der Waals surface area contributed by atoms with Gasteiger partial charge in [-0.15, -0.1) is 0 Å². The molecule has 0 amide bonds. The van der Waals surface area contributed by atoms with Crippen molar-refractivity contribution in [3.8, 4) is 0 Å². The Morgan fingerprint density at radius 1 is 1.06 bits per heavy atom. The first-order valence-corrected chi connectivity index (χ1v) is 6.65. The summed E-state index contributed by atoms with van der Waals surface area (Å²) in [6.45, 7) is 3.22. The second-order valence-electron chi connectivity index (χ2n) is 4.26. The molecule has 0 aliphatic heterocycles. The Bertz CT molecular complexity index is 403. The summed E-state index contributed by atoms with van der Waals surface area (Å²) in [6.07, 6.45) is 5.07. The average molecular weight is 256 g/mol. The van der Waals surface area contributed by atoms with E-state index in [-0.39, 0.29) is 0 Å². The highest BCUT2D eigenvalue weighted by atomic mass is 32.1. The summed E-state index contributed by atoms with van der Waals surface area (Å²) in [5, 5.41) is 3.40. The van der Waals surface area contributed by atoms with Crippen LogP contribution in [-0.2, 0) is 0 Å². The number of hydrogen-bond acceptors (Lipinski definition) is 4. The van der Waals surface area contributed by atoms with Crippen molar-refractivity contribution in [2.24, 2.45) is 0 Å². The summed E-state index contributed by atoms with van der Waals surface area (Å²) in [5.74, 6) is 0. The lowest BCUT2D eigenvalue weighted by molar-refractivity contribution is 0.685. The van der Waals surface area contributed by atoms with E-state index < -0.39 is 0 Å². The van der Waals surface area contributed by atoms with Gasteiger partial charge in [-0.05, 0) is 6.42 Å². The van der Waals surface area contributed by atoms with Crippen LogP contribution in [0, 0.1) is 9.02 Å². The van der Waals surface area contributed by atoms with Crippen molar-refractivity contribution in [1.82, 2.24) is 0 Å². The van der Waals surface area contributed by atoms with Gasteiger partial charge < -0.3 is 10.2 Å². The maximum atomic E-state index is 5.24. The minimum atomic E-state index is 0.828. The number of hydrogen-bond donors (Lipinski definition) is 1. The first-order valence-electron chi connectivity index (χ1n) is 5.84. The summed E-state index contributed by atoms with van der Waals surface area (Å²) < 4.78 is 1.66. The smallest absolute Gasteiger partial charge is 0.0834 e. The van der Waals surface area contributed by atoms with Crippen molar-refractivity contribution in [3.05, 3.63) is 9.02 Å². The molecule has 0 radical (unpaired) electrons. The predicted molar refractivity (Wildman–Crippen MR) is 77.4 cm³/mol. The van der Waals surface area contributed by atoms with Crippen molar-refractivity contribution in [2.45, 2.75) is 32.6 Å². The molecule has 1 aromatic carbocycles. The summed E-state index contributed by atoms with van der Waals surface area (Å²) in [6, 6.07) is 0. The molecule has 0 heterocycles. The maximum absolute atomic E-state index is 5.24. The van der Waals surface area contributed by atoms with E-state index in [1.54, 1.807) is 0 Å². The van der Waals surface area contributed by atoms with Crippen LogP contribution < -0.4 is 10.2 Å². The van der Waals surface area contributed by atoms with E-state index in [4.69, 9.17) is 24.4 Å². The van der Waals surface area contributed by atoms with Crippen molar-refractivity contribution in [1.29, 1.82) is 0 Å². The zero-order valence-corrected chi connectivity index (χ0v) is 11.9. The average Bonchev–Trinajstić information content (AvgIpc) is 2.25. The van der Waals surface area contributed by atoms with Crippen LogP contribution in [-0.4, -0.2) is 20.6 Å². The molecule has 0 aliphatic rings. The van der Waals surface area contributed by atoms with Crippen LogP contribution in [0.2, 0.25) is 0 Å². The van der Waals surface area contributed by atoms with Crippen molar-refractivity contribution in [3.63, 3.8) is 0 Å². The second-order valence-corrected chi connectivity index (χ2v) is 5.08. The highest BCUT2D eigenvalue weighted by Crippen LogP contribution is 2.34. The molecule has 0 aromatic heterocycles. The van der Waals surface area contributed by atoms with Crippen molar-refractivity contribution < 1.29 is 0 Å². The minimum Gasteiger partial charge on any atom is -0.382 e. The molecule has 0 unspecified atom stereocenters. The molecule has 0 spiro atoms. The SMILES string of the molecule is CCCCCCNc1c(N(C)C)c(=S)c1=S. The molecule has 90 valence electrons. The Balaban J connectivity index is 2.46.